The van der Waals surface area contributed by atoms with Crippen LogP contribution in [-0.4, -0.2) is 14.9 Å². The summed E-state index contributed by atoms with van der Waals surface area (Å²) < 4.78 is 1.84. The van der Waals surface area contributed by atoms with Crippen LogP contribution in [0.15, 0.2) is 60.9 Å². The maximum atomic E-state index is 6.01. The quantitative estimate of drug-likeness (QED) is 0.623. The lowest BCUT2D eigenvalue weighted by atomic mass is 10.1. The molecule has 0 saturated carbocycles. The van der Waals surface area contributed by atoms with Crippen molar-refractivity contribution in [2.45, 2.75) is 19.9 Å². The Bertz CT molecular complexity index is 858. The van der Waals surface area contributed by atoms with Gasteiger partial charge in [-0.2, -0.15) is 5.10 Å². The van der Waals surface area contributed by atoms with Gasteiger partial charge < -0.3 is 10.6 Å². The number of halogens is 1. The molecule has 128 valence electrons. The second-order valence-corrected chi connectivity index (χ2v) is 6.53. The van der Waals surface area contributed by atoms with Gasteiger partial charge in [-0.1, -0.05) is 42.8 Å². The third-order valence-corrected chi connectivity index (χ3v) is 4.18. The zero-order valence-electron chi connectivity index (χ0n) is 13.9. The molecule has 4 nitrogen and oxygen atoms in total. The van der Waals surface area contributed by atoms with Crippen LogP contribution in [0.3, 0.4) is 0 Å². The fourth-order valence-corrected chi connectivity index (χ4v) is 2.90. The number of aryl methyl sites for hydroxylation is 1. The van der Waals surface area contributed by atoms with E-state index in [1.807, 2.05) is 47.3 Å². The third-order valence-electron chi connectivity index (χ3n) is 3.74. The van der Waals surface area contributed by atoms with Gasteiger partial charge in [0.1, 0.15) is 0 Å². The highest BCUT2D eigenvalue weighted by molar-refractivity contribution is 7.80. The molecule has 6 heteroatoms. The standard InChI is InChI=1S/C19H19ClN4S/c1-2-14-6-8-17(9-7-14)22-19(25)23-18-11-21-24(13-18)12-15-4-3-5-16(20)10-15/h3-11,13H,2,12H2,1H3,(H2,22,23,25). The van der Waals surface area contributed by atoms with Crippen LogP contribution in [-0.2, 0) is 13.0 Å². The van der Waals surface area contributed by atoms with Gasteiger partial charge in [0.25, 0.3) is 0 Å². The number of hydrogen-bond acceptors (Lipinski definition) is 2. The molecule has 0 aliphatic rings. The van der Waals surface area contributed by atoms with Gasteiger partial charge in [-0.15, -0.1) is 0 Å². The van der Waals surface area contributed by atoms with E-state index in [1.165, 1.54) is 5.56 Å². The van der Waals surface area contributed by atoms with Crippen molar-refractivity contribution in [1.29, 1.82) is 0 Å². The minimum atomic E-state index is 0.534. The van der Waals surface area contributed by atoms with Crippen molar-refractivity contribution in [3.63, 3.8) is 0 Å². The van der Waals surface area contributed by atoms with Crippen LogP contribution >= 0.6 is 23.8 Å². The molecule has 2 N–H and O–H groups in total. The van der Waals surface area contributed by atoms with Gasteiger partial charge in [-0.3, -0.25) is 4.68 Å². The Kier molecular flexibility index (Phi) is 5.68. The smallest absolute Gasteiger partial charge is 0.175 e. The lowest BCUT2D eigenvalue weighted by molar-refractivity contribution is 0.687. The number of nitrogens with one attached hydrogen (secondary N) is 2. The van der Waals surface area contributed by atoms with Crippen molar-refractivity contribution in [2.24, 2.45) is 0 Å². The Hall–Kier alpha value is -2.37. The van der Waals surface area contributed by atoms with E-state index >= 15 is 0 Å². The first-order chi connectivity index (χ1) is 12.1. The minimum absolute atomic E-state index is 0.534. The lowest BCUT2D eigenvalue weighted by Gasteiger charge is -2.09. The van der Waals surface area contributed by atoms with Crippen LogP contribution < -0.4 is 10.6 Å². The van der Waals surface area contributed by atoms with E-state index in [1.54, 1.807) is 6.20 Å². The normalized spacial score (nSPS) is 10.5. The van der Waals surface area contributed by atoms with Gasteiger partial charge in [-0.05, 0) is 54.0 Å². The van der Waals surface area contributed by atoms with Crippen LogP contribution in [0.2, 0.25) is 5.02 Å². The fraction of sp³-hybridized carbons (Fsp3) is 0.158. The predicted octanol–water partition coefficient (Wildman–Crippen LogP) is 4.96. The number of aromatic nitrogens is 2. The first-order valence-electron chi connectivity index (χ1n) is 8.06. The van der Waals surface area contributed by atoms with Gasteiger partial charge in [0.2, 0.25) is 0 Å². The van der Waals surface area contributed by atoms with Crippen molar-refractivity contribution in [3.8, 4) is 0 Å². The maximum Gasteiger partial charge on any atom is 0.175 e. The SMILES string of the molecule is CCc1ccc(NC(=S)Nc2cnn(Cc3cccc(Cl)c3)c2)cc1. The molecule has 25 heavy (non-hydrogen) atoms. The Balaban J connectivity index is 1.57. The first kappa shape index (κ1) is 17.5. The van der Waals surface area contributed by atoms with Crippen molar-refractivity contribution in [3.05, 3.63) is 77.1 Å². The second-order valence-electron chi connectivity index (χ2n) is 5.69. The highest BCUT2D eigenvalue weighted by Gasteiger charge is 2.03. The summed E-state index contributed by atoms with van der Waals surface area (Å²) >= 11 is 11.4. The third kappa shape index (κ3) is 5.05. The van der Waals surface area contributed by atoms with E-state index in [-0.39, 0.29) is 0 Å². The molecule has 0 fully saturated rings. The van der Waals surface area contributed by atoms with Gasteiger partial charge in [0.05, 0.1) is 18.4 Å². The van der Waals surface area contributed by atoms with Crippen molar-refractivity contribution in [1.82, 2.24) is 9.78 Å². The van der Waals surface area contributed by atoms with Gasteiger partial charge in [0, 0.05) is 16.9 Å². The average Bonchev–Trinajstić information content (AvgIpc) is 3.02. The molecule has 0 radical (unpaired) electrons. The van der Waals surface area contributed by atoms with Gasteiger partial charge in [-0.25, -0.2) is 0 Å². The van der Waals surface area contributed by atoms with E-state index in [2.05, 4.69) is 34.8 Å². The van der Waals surface area contributed by atoms with Crippen LogP contribution in [0.1, 0.15) is 18.1 Å². The van der Waals surface area contributed by atoms with Crippen LogP contribution in [0.25, 0.3) is 0 Å². The second kappa shape index (κ2) is 8.14. The Labute approximate surface area is 157 Å². The largest absolute Gasteiger partial charge is 0.332 e. The number of hydrogen-bond donors (Lipinski definition) is 2. The van der Waals surface area contributed by atoms with E-state index in [0.717, 1.165) is 28.4 Å². The summed E-state index contributed by atoms with van der Waals surface area (Å²) in [6.45, 7) is 2.79. The highest BCUT2D eigenvalue weighted by atomic mass is 35.5. The van der Waals surface area contributed by atoms with Crippen LogP contribution in [0, 0.1) is 0 Å². The highest BCUT2D eigenvalue weighted by Crippen LogP contribution is 2.14. The van der Waals surface area contributed by atoms with Crippen molar-refractivity contribution >= 4 is 40.3 Å². The Morgan fingerprint density at radius 3 is 2.56 bits per heavy atom. The van der Waals surface area contributed by atoms with Crippen molar-refractivity contribution < 1.29 is 0 Å². The molecular formula is C19H19ClN4S. The summed E-state index contributed by atoms with van der Waals surface area (Å²) in [5, 5.41) is 11.9. The van der Waals surface area contributed by atoms with E-state index < -0.39 is 0 Å². The molecule has 0 saturated heterocycles. The minimum Gasteiger partial charge on any atom is -0.332 e. The molecule has 0 aliphatic heterocycles. The zero-order chi connectivity index (χ0) is 17.6. The molecule has 0 bridgehead atoms. The lowest BCUT2D eigenvalue weighted by Crippen LogP contribution is -2.18. The predicted molar refractivity (Wildman–Crippen MR) is 108 cm³/mol. The molecule has 1 aromatic heterocycles. The molecule has 3 rings (SSSR count). The number of anilines is 2. The van der Waals surface area contributed by atoms with E-state index in [9.17, 15) is 0 Å². The Morgan fingerprint density at radius 1 is 1.08 bits per heavy atom. The topological polar surface area (TPSA) is 41.9 Å². The van der Waals surface area contributed by atoms with E-state index in [4.69, 9.17) is 23.8 Å². The molecule has 0 spiro atoms. The number of thiocarbonyl (C=S) groups is 1. The maximum absolute atomic E-state index is 6.01. The number of rotatable bonds is 5. The molecule has 3 aromatic rings. The molecule has 2 aromatic carbocycles. The molecule has 0 amide bonds. The van der Waals surface area contributed by atoms with Crippen LogP contribution in [0.4, 0.5) is 11.4 Å². The number of benzene rings is 2. The monoisotopic (exact) mass is 370 g/mol. The number of nitrogens with zero attached hydrogens (tertiary/aromatic N) is 2. The first-order valence-corrected chi connectivity index (χ1v) is 8.85. The molecule has 0 aliphatic carbocycles. The summed E-state index contributed by atoms with van der Waals surface area (Å²) in [5.41, 5.74) is 4.19. The Morgan fingerprint density at radius 2 is 1.84 bits per heavy atom. The van der Waals surface area contributed by atoms with Gasteiger partial charge in [0.15, 0.2) is 5.11 Å². The summed E-state index contributed by atoms with van der Waals surface area (Å²) in [7, 11) is 0. The summed E-state index contributed by atoms with van der Waals surface area (Å²) in [4.78, 5) is 0. The molecule has 0 atom stereocenters. The van der Waals surface area contributed by atoms with E-state index in [0.29, 0.717) is 11.7 Å². The molecule has 1 heterocycles. The summed E-state index contributed by atoms with van der Waals surface area (Å²) in [5.74, 6) is 0. The van der Waals surface area contributed by atoms with Crippen LogP contribution in [0.5, 0.6) is 0 Å². The molecule has 0 unspecified atom stereocenters. The summed E-state index contributed by atoms with van der Waals surface area (Å²) in [6, 6.07) is 16.0. The zero-order valence-corrected chi connectivity index (χ0v) is 15.4. The molecular weight excluding hydrogens is 352 g/mol. The van der Waals surface area contributed by atoms with Gasteiger partial charge >= 0.3 is 0 Å². The summed E-state index contributed by atoms with van der Waals surface area (Å²) in [6.07, 6.45) is 4.68. The fourth-order valence-electron chi connectivity index (χ4n) is 2.45. The average molecular weight is 371 g/mol. The van der Waals surface area contributed by atoms with Crippen molar-refractivity contribution in [2.75, 3.05) is 10.6 Å².